The molecule has 1 aliphatic rings. The molecule has 112 valence electrons. The molecule has 5 nitrogen and oxygen atoms in total. The summed E-state index contributed by atoms with van der Waals surface area (Å²) in [7, 11) is 0. The van der Waals surface area contributed by atoms with Crippen molar-refractivity contribution in [3.63, 3.8) is 0 Å². The third-order valence-electron chi connectivity index (χ3n) is 3.42. The van der Waals surface area contributed by atoms with Crippen LogP contribution in [-0.4, -0.2) is 29.6 Å². The van der Waals surface area contributed by atoms with E-state index in [9.17, 15) is 9.59 Å². The highest BCUT2D eigenvalue weighted by atomic mass is 16.5. The van der Waals surface area contributed by atoms with E-state index in [0.717, 1.165) is 12.0 Å². The summed E-state index contributed by atoms with van der Waals surface area (Å²) in [6.45, 7) is 1.98. The highest BCUT2D eigenvalue weighted by Crippen LogP contribution is 2.18. The molecule has 0 fully saturated rings. The van der Waals surface area contributed by atoms with Crippen molar-refractivity contribution in [3.05, 3.63) is 42.0 Å². The van der Waals surface area contributed by atoms with Crippen LogP contribution < -0.4 is 10.1 Å². The standard InChI is InChI=1S/C16H19NO4/c1-2-11-4-3-5-14(8-11)21-10-15(18)17-13-7-6-12(9-13)16(19)20/h3-8,12-13H,2,9-10H2,1H3,(H,17,18)(H,19,20). The molecule has 0 aliphatic heterocycles. The van der Waals surface area contributed by atoms with Crippen LogP contribution in [0.2, 0.25) is 0 Å². The first-order valence-electron chi connectivity index (χ1n) is 7.00. The second kappa shape index (κ2) is 6.92. The molecule has 2 atom stereocenters. The zero-order chi connectivity index (χ0) is 15.2. The van der Waals surface area contributed by atoms with Gasteiger partial charge in [-0.25, -0.2) is 0 Å². The van der Waals surface area contributed by atoms with Crippen LogP contribution in [0.15, 0.2) is 36.4 Å². The summed E-state index contributed by atoms with van der Waals surface area (Å²) < 4.78 is 5.44. The molecule has 0 aromatic heterocycles. The van der Waals surface area contributed by atoms with Gasteiger partial charge in [-0.15, -0.1) is 0 Å². The first kappa shape index (κ1) is 15.1. The quantitative estimate of drug-likeness (QED) is 0.783. The Kier molecular flexibility index (Phi) is 4.98. The van der Waals surface area contributed by atoms with Gasteiger partial charge in [-0.2, -0.15) is 0 Å². The average molecular weight is 289 g/mol. The van der Waals surface area contributed by atoms with Gasteiger partial charge in [0.25, 0.3) is 5.91 Å². The minimum absolute atomic E-state index is 0.0742. The Morgan fingerprint density at radius 2 is 2.19 bits per heavy atom. The summed E-state index contributed by atoms with van der Waals surface area (Å²) in [5.74, 6) is -0.972. The number of benzene rings is 1. The van der Waals surface area contributed by atoms with Gasteiger partial charge < -0.3 is 15.2 Å². The molecule has 1 amide bonds. The minimum atomic E-state index is -0.865. The molecule has 1 aromatic carbocycles. The van der Waals surface area contributed by atoms with Crippen molar-refractivity contribution in [2.45, 2.75) is 25.8 Å². The molecule has 5 heteroatoms. The Morgan fingerprint density at radius 3 is 2.86 bits per heavy atom. The number of aryl methyl sites for hydroxylation is 1. The fourth-order valence-electron chi connectivity index (χ4n) is 2.24. The highest BCUT2D eigenvalue weighted by Gasteiger charge is 2.25. The van der Waals surface area contributed by atoms with Gasteiger partial charge in [0.2, 0.25) is 0 Å². The monoisotopic (exact) mass is 289 g/mol. The molecule has 2 rings (SSSR count). The normalized spacial score (nSPS) is 20.2. The van der Waals surface area contributed by atoms with Gasteiger partial charge in [0.05, 0.1) is 5.92 Å². The SMILES string of the molecule is CCc1cccc(OCC(=O)NC2C=CC(C(=O)O)C2)c1. The predicted octanol–water partition coefficient (Wildman–Crippen LogP) is 1.77. The fraction of sp³-hybridized carbons (Fsp3) is 0.375. The van der Waals surface area contributed by atoms with E-state index in [2.05, 4.69) is 12.2 Å². The molecule has 0 spiro atoms. The number of carboxylic acid groups (broad SMARTS) is 1. The van der Waals surface area contributed by atoms with E-state index in [1.165, 1.54) is 0 Å². The van der Waals surface area contributed by atoms with Crippen molar-refractivity contribution in [1.82, 2.24) is 5.32 Å². The molecule has 0 radical (unpaired) electrons. The molecule has 21 heavy (non-hydrogen) atoms. The number of carbonyl (C=O) groups excluding carboxylic acids is 1. The number of carbonyl (C=O) groups is 2. The summed E-state index contributed by atoms with van der Waals surface area (Å²) >= 11 is 0. The van der Waals surface area contributed by atoms with Crippen molar-refractivity contribution in [2.24, 2.45) is 5.92 Å². The Hall–Kier alpha value is -2.30. The van der Waals surface area contributed by atoms with E-state index in [-0.39, 0.29) is 18.6 Å². The summed E-state index contributed by atoms with van der Waals surface area (Å²) in [5, 5.41) is 11.6. The van der Waals surface area contributed by atoms with Crippen molar-refractivity contribution in [1.29, 1.82) is 0 Å². The van der Waals surface area contributed by atoms with Crippen LogP contribution in [0.4, 0.5) is 0 Å². The van der Waals surface area contributed by atoms with Crippen LogP contribution in [0.25, 0.3) is 0 Å². The first-order valence-corrected chi connectivity index (χ1v) is 7.00. The van der Waals surface area contributed by atoms with E-state index < -0.39 is 11.9 Å². The number of hydrogen-bond acceptors (Lipinski definition) is 3. The zero-order valence-corrected chi connectivity index (χ0v) is 11.9. The number of nitrogens with one attached hydrogen (secondary N) is 1. The van der Waals surface area contributed by atoms with Gasteiger partial charge in [-0.1, -0.05) is 31.2 Å². The lowest BCUT2D eigenvalue weighted by Crippen LogP contribution is -2.36. The Balaban J connectivity index is 1.78. The highest BCUT2D eigenvalue weighted by molar-refractivity contribution is 5.79. The topological polar surface area (TPSA) is 75.6 Å². The fourth-order valence-corrected chi connectivity index (χ4v) is 2.24. The number of amides is 1. The maximum absolute atomic E-state index is 11.8. The van der Waals surface area contributed by atoms with E-state index in [4.69, 9.17) is 9.84 Å². The molecular formula is C16H19NO4. The predicted molar refractivity (Wildman–Crippen MR) is 78.1 cm³/mol. The summed E-state index contributed by atoms with van der Waals surface area (Å²) in [4.78, 5) is 22.6. The van der Waals surface area contributed by atoms with Gasteiger partial charge in [-0.05, 0) is 30.5 Å². The van der Waals surface area contributed by atoms with Crippen molar-refractivity contribution >= 4 is 11.9 Å². The van der Waals surface area contributed by atoms with E-state index >= 15 is 0 Å². The zero-order valence-electron chi connectivity index (χ0n) is 11.9. The largest absolute Gasteiger partial charge is 0.484 e. The van der Waals surface area contributed by atoms with Crippen LogP contribution in [-0.2, 0) is 16.0 Å². The van der Waals surface area contributed by atoms with Crippen molar-refractivity contribution < 1.29 is 19.4 Å². The smallest absolute Gasteiger partial charge is 0.310 e. The maximum Gasteiger partial charge on any atom is 0.310 e. The van der Waals surface area contributed by atoms with Crippen LogP contribution in [0, 0.1) is 5.92 Å². The lowest BCUT2D eigenvalue weighted by Gasteiger charge is -2.13. The number of hydrogen-bond donors (Lipinski definition) is 2. The molecule has 0 saturated carbocycles. The van der Waals surface area contributed by atoms with Crippen LogP contribution in [0.5, 0.6) is 5.75 Å². The van der Waals surface area contributed by atoms with E-state index in [1.807, 2.05) is 24.3 Å². The van der Waals surface area contributed by atoms with E-state index in [0.29, 0.717) is 12.2 Å². The molecule has 1 aromatic rings. The van der Waals surface area contributed by atoms with Crippen LogP contribution in [0.1, 0.15) is 18.9 Å². The molecule has 0 saturated heterocycles. The maximum atomic E-state index is 11.8. The van der Waals surface area contributed by atoms with Gasteiger partial charge in [0.1, 0.15) is 5.75 Å². The first-order chi connectivity index (χ1) is 10.1. The van der Waals surface area contributed by atoms with Crippen molar-refractivity contribution in [3.8, 4) is 5.75 Å². The Bertz CT molecular complexity index is 553. The van der Waals surface area contributed by atoms with Crippen molar-refractivity contribution in [2.75, 3.05) is 6.61 Å². The lowest BCUT2D eigenvalue weighted by atomic mass is 10.1. The minimum Gasteiger partial charge on any atom is -0.484 e. The van der Waals surface area contributed by atoms with Crippen LogP contribution >= 0.6 is 0 Å². The van der Waals surface area contributed by atoms with Crippen LogP contribution in [0.3, 0.4) is 0 Å². The lowest BCUT2D eigenvalue weighted by molar-refractivity contribution is -0.140. The van der Waals surface area contributed by atoms with Gasteiger partial charge in [0.15, 0.2) is 6.61 Å². The molecule has 2 unspecified atom stereocenters. The Labute approximate surface area is 123 Å². The molecule has 2 N–H and O–H groups in total. The number of carboxylic acids is 1. The van der Waals surface area contributed by atoms with Gasteiger partial charge in [-0.3, -0.25) is 9.59 Å². The average Bonchev–Trinajstić information content (AvgIpc) is 2.94. The number of rotatable bonds is 6. The third kappa shape index (κ3) is 4.34. The molecule has 0 heterocycles. The second-order valence-corrected chi connectivity index (χ2v) is 5.03. The summed E-state index contributed by atoms with van der Waals surface area (Å²) in [6, 6.07) is 7.38. The van der Waals surface area contributed by atoms with E-state index in [1.54, 1.807) is 12.2 Å². The number of ether oxygens (including phenoxy) is 1. The summed E-state index contributed by atoms with van der Waals surface area (Å²) in [6.07, 6.45) is 4.63. The number of aliphatic carboxylic acids is 1. The molecule has 0 bridgehead atoms. The molecular weight excluding hydrogens is 270 g/mol. The third-order valence-corrected chi connectivity index (χ3v) is 3.42. The van der Waals surface area contributed by atoms with Gasteiger partial charge in [0, 0.05) is 6.04 Å². The Morgan fingerprint density at radius 1 is 1.38 bits per heavy atom. The van der Waals surface area contributed by atoms with Gasteiger partial charge >= 0.3 is 5.97 Å². The summed E-state index contributed by atoms with van der Waals surface area (Å²) in [5.41, 5.74) is 1.15. The molecule has 1 aliphatic carbocycles. The second-order valence-electron chi connectivity index (χ2n) is 5.03.